The number of anilines is 1. The van der Waals surface area contributed by atoms with Gasteiger partial charge >= 0.3 is 12.0 Å². The molecule has 0 aromatic heterocycles. The average Bonchev–Trinajstić information content (AvgIpc) is 2.44. The van der Waals surface area contributed by atoms with Gasteiger partial charge in [0.2, 0.25) is 0 Å². The van der Waals surface area contributed by atoms with Gasteiger partial charge in [0.05, 0.1) is 0 Å². The molecule has 1 aromatic carbocycles. The Morgan fingerprint density at radius 1 is 1.20 bits per heavy atom. The first kappa shape index (κ1) is 15.4. The predicted octanol–water partition coefficient (Wildman–Crippen LogP) is 1.56. The molecule has 0 aliphatic carbocycles. The van der Waals surface area contributed by atoms with Gasteiger partial charge in [-0.2, -0.15) is 0 Å². The Labute approximate surface area is 116 Å². The van der Waals surface area contributed by atoms with E-state index in [0.717, 1.165) is 18.1 Å². The molecule has 0 fully saturated rings. The monoisotopic (exact) mass is 276 g/mol. The van der Waals surface area contributed by atoms with E-state index in [9.17, 15) is 14.4 Å². The minimum absolute atomic E-state index is 0.630. The highest BCUT2D eigenvalue weighted by atomic mass is 16.4. The molecule has 2 N–H and O–H groups in total. The smallest absolute Gasteiger partial charge is 0.328 e. The van der Waals surface area contributed by atoms with Crippen LogP contribution in [0.4, 0.5) is 10.5 Å². The van der Waals surface area contributed by atoms with Crippen LogP contribution in [0.25, 0.3) is 0 Å². The summed E-state index contributed by atoms with van der Waals surface area (Å²) in [6.07, 6.45) is 2.35. The summed E-state index contributed by atoms with van der Waals surface area (Å²) in [4.78, 5) is 34.6. The second kappa shape index (κ2) is 7.08. The first-order valence-corrected chi connectivity index (χ1v) is 6.02. The molecule has 20 heavy (non-hydrogen) atoms. The highest BCUT2D eigenvalue weighted by molar-refractivity contribution is 6.07. The number of benzene rings is 1. The Hall–Kier alpha value is -2.63. The molecule has 0 spiro atoms. The molecule has 3 amide bonds. The molecule has 0 bridgehead atoms. The third-order valence-electron chi connectivity index (χ3n) is 2.64. The highest BCUT2D eigenvalue weighted by Gasteiger charge is 2.12. The minimum atomic E-state index is -1.25. The van der Waals surface area contributed by atoms with Gasteiger partial charge in [-0.25, -0.2) is 9.59 Å². The van der Waals surface area contributed by atoms with Crippen molar-refractivity contribution >= 4 is 23.6 Å². The number of carboxylic acids is 1. The van der Waals surface area contributed by atoms with E-state index in [0.29, 0.717) is 11.8 Å². The van der Waals surface area contributed by atoms with E-state index in [2.05, 4.69) is 5.32 Å². The number of hydrogen-bond donors (Lipinski definition) is 2. The number of imide groups is 1. The quantitative estimate of drug-likeness (QED) is 0.817. The molecule has 0 unspecified atom stereocenters. The summed E-state index contributed by atoms with van der Waals surface area (Å²) in [5.74, 6) is -2.04. The third-order valence-corrected chi connectivity index (χ3v) is 2.64. The lowest BCUT2D eigenvalue weighted by Gasteiger charge is -2.17. The molecule has 1 aromatic rings. The fourth-order valence-electron chi connectivity index (χ4n) is 1.45. The van der Waals surface area contributed by atoms with Crippen molar-refractivity contribution in [1.82, 2.24) is 5.32 Å². The second-order valence-electron chi connectivity index (χ2n) is 4.04. The molecule has 0 heterocycles. The number of carbonyl (C=O) groups is 3. The molecule has 0 atom stereocenters. The van der Waals surface area contributed by atoms with Crippen LogP contribution in [0.3, 0.4) is 0 Å². The summed E-state index contributed by atoms with van der Waals surface area (Å²) in [6, 6.07) is 6.71. The summed E-state index contributed by atoms with van der Waals surface area (Å²) in [5, 5.41) is 10.4. The average molecular weight is 276 g/mol. The summed E-state index contributed by atoms with van der Waals surface area (Å²) in [7, 11) is 1.52. The molecule has 1 rings (SSSR count). The van der Waals surface area contributed by atoms with Gasteiger partial charge in [-0.05, 0) is 24.1 Å². The van der Waals surface area contributed by atoms with Crippen molar-refractivity contribution in [2.45, 2.75) is 13.3 Å². The molecule has 106 valence electrons. The number of nitrogens with one attached hydrogen (secondary N) is 1. The van der Waals surface area contributed by atoms with E-state index in [4.69, 9.17) is 5.11 Å². The van der Waals surface area contributed by atoms with E-state index in [1.165, 1.54) is 11.9 Å². The second-order valence-corrected chi connectivity index (χ2v) is 4.04. The van der Waals surface area contributed by atoms with Crippen LogP contribution in [0.1, 0.15) is 12.5 Å². The van der Waals surface area contributed by atoms with Crippen molar-refractivity contribution in [3.63, 3.8) is 0 Å². The lowest BCUT2D eigenvalue weighted by molar-refractivity contribution is -0.131. The summed E-state index contributed by atoms with van der Waals surface area (Å²) >= 11 is 0. The molecule has 6 heteroatoms. The number of amides is 3. The molecular formula is C14H16N2O4. The standard InChI is InChI=1S/C14H16N2O4/c1-3-10-4-6-11(7-5-10)16(2)14(20)15-12(17)8-9-13(18)19/h4-9H,3H2,1-2H3,(H,18,19)(H,15,17,20). The van der Waals surface area contributed by atoms with Gasteiger partial charge in [0.1, 0.15) is 0 Å². The third kappa shape index (κ3) is 4.56. The van der Waals surface area contributed by atoms with E-state index in [1.807, 2.05) is 19.1 Å². The van der Waals surface area contributed by atoms with Crippen molar-refractivity contribution in [2.24, 2.45) is 0 Å². The van der Waals surface area contributed by atoms with Crippen LogP contribution in [0.2, 0.25) is 0 Å². The number of urea groups is 1. The highest BCUT2D eigenvalue weighted by Crippen LogP contribution is 2.14. The minimum Gasteiger partial charge on any atom is -0.478 e. The van der Waals surface area contributed by atoms with Crippen LogP contribution in [0.15, 0.2) is 36.4 Å². The van der Waals surface area contributed by atoms with Crippen LogP contribution < -0.4 is 10.2 Å². The lowest BCUT2D eigenvalue weighted by Crippen LogP contribution is -2.40. The zero-order chi connectivity index (χ0) is 15.1. The molecule has 0 radical (unpaired) electrons. The fourth-order valence-corrected chi connectivity index (χ4v) is 1.45. The van der Waals surface area contributed by atoms with Crippen molar-refractivity contribution in [2.75, 3.05) is 11.9 Å². The van der Waals surface area contributed by atoms with Gasteiger partial charge in [0, 0.05) is 24.9 Å². The summed E-state index contributed by atoms with van der Waals surface area (Å²) < 4.78 is 0. The van der Waals surface area contributed by atoms with Gasteiger partial charge in [0.15, 0.2) is 0 Å². The molecule has 0 aliphatic rings. The normalized spacial score (nSPS) is 10.3. The van der Waals surface area contributed by atoms with E-state index < -0.39 is 17.9 Å². The first-order chi connectivity index (χ1) is 9.43. The van der Waals surface area contributed by atoms with Gasteiger partial charge in [-0.15, -0.1) is 0 Å². The van der Waals surface area contributed by atoms with E-state index in [1.54, 1.807) is 12.1 Å². The number of nitrogens with zero attached hydrogens (tertiary/aromatic N) is 1. The van der Waals surface area contributed by atoms with Crippen molar-refractivity contribution < 1.29 is 19.5 Å². The molecular weight excluding hydrogens is 260 g/mol. The van der Waals surface area contributed by atoms with Crippen LogP contribution in [0, 0.1) is 0 Å². The van der Waals surface area contributed by atoms with Crippen molar-refractivity contribution in [1.29, 1.82) is 0 Å². The molecule has 6 nitrogen and oxygen atoms in total. The van der Waals surface area contributed by atoms with Crippen LogP contribution in [0.5, 0.6) is 0 Å². The topological polar surface area (TPSA) is 86.7 Å². The molecule has 0 saturated carbocycles. The largest absolute Gasteiger partial charge is 0.478 e. The van der Waals surface area contributed by atoms with Crippen LogP contribution in [-0.2, 0) is 16.0 Å². The Morgan fingerprint density at radius 2 is 1.80 bits per heavy atom. The number of aliphatic carboxylic acids is 1. The Morgan fingerprint density at radius 3 is 2.30 bits per heavy atom. The Bertz CT molecular complexity index is 535. The fraction of sp³-hybridized carbons (Fsp3) is 0.214. The maximum atomic E-state index is 11.8. The van der Waals surface area contributed by atoms with Gasteiger partial charge < -0.3 is 5.11 Å². The van der Waals surface area contributed by atoms with Crippen molar-refractivity contribution in [3.05, 3.63) is 42.0 Å². The number of carboxylic acid groups (broad SMARTS) is 1. The Balaban J connectivity index is 2.66. The van der Waals surface area contributed by atoms with E-state index in [-0.39, 0.29) is 0 Å². The lowest BCUT2D eigenvalue weighted by atomic mass is 10.1. The number of hydrogen-bond acceptors (Lipinski definition) is 3. The number of carbonyl (C=O) groups excluding carboxylic acids is 2. The summed E-state index contributed by atoms with van der Waals surface area (Å²) in [5.41, 5.74) is 1.78. The Kier molecular flexibility index (Phi) is 5.46. The zero-order valence-electron chi connectivity index (χ0n) is 11.3. The van der Waals surface area contributed by atoms with E-state index >= 15 is 0 Å². The van der Waals surface area contributed by atoms with Gasteiger partial charge in [0.25, 0.3) is 5.91 Å². The number of rotatable bonds is 4. The summed E-state index contributed by atoms with van der Waals surface area (Å²) in [6.45, 7) is 2.03. The van der Waals surface area contributed by atoms with Crippen molar-refractivity contribution in [3.8, 4) is 0 Å². The SMILES string of the molecule is CCc1ccc(N(C)C(=O)NC(=O)C=CC(=O)O)cc1. The zero-order valence-corrected chi connectivity index (χ0v) is 11.3. The van der Waals surface area contributed by atoms with Gasteiger partial charge in [-0.3, -0.25) is 15.0 Å². The number of aryl methyl sites for hydroxylation is 1. The molecule has 0 saturated heterocycles. The first-order valence-electron chi connectivity index (χ1n) is 6.02. The van der Waals surface area contributed by atoms with Gasteiger partial charge in [-0.1, -0.05) is 19.1 Å². The predicted molar refractivity (Wildman–Crippen MR) is 74.5 cm³/mol. The molecule has 0 aliphatic heterocycles. The maximum absolute atomic E-state index is 11.8. The van der Waals surface area contributed by atoms with Crippen LogP contribution in [-0.4, -0.2) is 30.1 Å². The van der Waals surface area contributed by atoms with Crippen LogP contribution >= 0.6 is 0 Å². The maximum Gasteiger partial charge on any atom is 0.328 e.